The Hall–Kier alpha value is -1.09. The Balaban J connectivity index is 2.64. The number of hydrogen-bond acceptors (Lipinski definition) is 3. The van der Waals surface area contributed by atoms with Crippen molar-refractivity contribution in [1.82, 2.24) is 4.98 Å². The van der Waals surface area contributed by atoms with Crippen LogP contribution in [0.15, 0.2) is 18.3 Å². The van der Waals surface area contributed by atoms with E-state index in [1.165, 1.54) is 0 Å². The number of anilines is 1. The molecule has 1 aromatic rings. The van der Waals surface area contributed by atoms with Crippen LogP contribution in [0, 0.1) is 5.92 Å². The van der Waals surface area contributed by atoms with E-state index in [2.05, 4.69) is 11.9 Å². The SMILES string of the molecule is CCC(C)C(O)Cc1cccnc1N. The number of nitrogens with two attached hydrogens (primary N) is 1. The van der Waals surface area contributed by atoms with Crippen LogP contribution in [0.5, 0.6) is 0 Å². The molecule has 78 valence electrons. The Labute approximate surface area is 85.0 Å². The number of hydrogen-bond donors (Lipinski definition) is 2. The van der Waals surface area contributed by atoms with E-state index in [9.17, 15) is 5.11 Å². The highest BCUT2D eigenvalue weighted by molar-refractivity contribution is 5.38. The first-order valence-electron chi connectivity index (χ1n) is 5.02. The first-order valence-corrected chi connectivity index (χ1v) is 5.02. The first-order chi connectivity index (χ1) is 6.65. The zero-order valence-electron chi connectivity index (χ0n) is 8.77. The second-order valence-corrected chi connectivity index (χ2v) is 3.70. The molecule has 0 radical (unpaired) electrons. The molecule has 3 nitrogen and oxygen atoms in total. The third kappa shape index (κ3) is 2.70. The van der Waals surface area contributed by atoms with Crippen molar-refractivity contribution >= 4 is 5.82 Å². The van der Waals surface area contributed by atoms with Gasteiger partial charge in [0.15, 0.2) is 0 Å². The average Bonchev–Trinajstić information content (AvgIpc) is 2.20. The second-order valence-electron chi connectivity index (χ2n) is 3.70. The Kier molecular flexibility index (Phi) is 3.89. The summed E-state index contributed by atoms with van der Waals surface area (Å²) in [5.41, 5.74) is 6.62. The fourth-order valence-corrected chi connectivity index (χ4v) is 1.32. The smallest absolute Gasteiger partial charge is 0.126 e. The molecule has 0 aliphatic carbocycles. The Morgan fingerprint density at radius 2 is 2.29 bits per heavy atom. The number of aliphatic hydroxyl groups is 1. The summed E-state index contributed by atoms with van der Waals surface area (Å²) in [6.45, 7) is 4.11. The van der Waals surface area contributed by atoms with Gasteiger partial charge < -0.3 is 10.8 Å². The number of nitrogens with zero attached hydrogens (tertiary/aromatic N) is 1. The van der Waals surface area contributed by atoms with E-state index in [4.69, 9.17) is 5.73 Å². The first kappa shape index (κ1) is 11.0. The molecule has 0 bridgehead atoms. The highest BCUT2D eigenvalue weighted by atomic mass is 16.3. The molecule has 0 saturated heterocycles. The van der Waals surface area contributed by atoms with Gasteiger partial charge in [-0.05, 0) is 17.5 Å². The number of pyridine rings is 1. The Bertz CT molecular complexity index is 288. The molecule has 0 fully saturated rings. The number of rotatable bonds is 4. The second kappa shape index (κ2) is 4.96. The fourth-order valence-electron chi connectivity index (χ4n) is 1.32. The number of aromatic nitrogens is 1. The number of nitrogen functional groups attached to an aromatic ring is 1. The lowest BCUT2D eigenvalue weighted by Gasteiger charge is -2.17. The van der Waals surface area contributed by atoms with Crippen LogP contribution in [-0.2, 0) is 6.42 Å². The van der Waals surface area contributed by atoms with Crippen molar-refractivity contribution in [2.75, 3.05) is 5.73 Å². The maximum absolute atomic E-state index is 9.81. The van der Waals surface area contributed by atoms with Gasteiger partial charge in [0.2, 0.25) is 0 Å². The standard InChI is InChI=1S/C11H18N2O/c1-3-8(2)10(14)7-9-5-4-6-13-11(9)12/h4-6,8,10,14H,3,7H2,1-2H3,(H2,12,13). The highest BCUT2D eigenvalue weighted by Crippen LogP contribution is 2.16. The predicted molar refractivity (Wildman–Crippen MR) is 57.8 cm³/mol. The maximum atomic E-state index is 9.81. The van der Waals surface area contributed by atoms with Gasteiger partial charge in [0.1, 0.15) is 5.82 Å². The van der Waals surface area contributed by atoms with Crippen LogP contribution in [-0.4, -0.2) is 16.2 Å². The molecule has 3 heteroatoms. The van der Waals surface area contributed by atoms with Gasteiger partial charge in [-0.3, -0.25) is 0 Å². The van der Waals surface area contributed by atoms with E-state index < -0.39 is 0 Å². The summed E-state index contributed by atoms with van der Waals surface area (Å²) in [4.78, 5) is 3.98. The van der Waals surface area contributed by atoms with Gasteiger partial charge in [0.05, 0.1) is 6.10 Å². The maximum Gasteiger partial charge on any atom is 0.126 e. The van der Waals surface area contributed by atoms with Gasteiger partial charge in [0, 0.05) is 12.6 Å². The van der Waals surface area contributed by atoms with Crippen molar-refractivity contribution in [2.45, 2.75) is 32.8 Å². The van der Waals surface area contributed by atoms with Crippen molar-refractivity contribution in [3.05, 3.63) is 23.9 Å². The van der Waals surface area contributed by atoms with Crippen molar-refractivity contribution in [2.24, 2.45) is 5.92 Å². The highest BCUT2D eigenvalue weighted by Gasteiger charge is 2.14. The molecule has 0 spiro atoms. The minimum atomic E-state index is -0.327. The third-order valence-electron chi connectivity index (χ3n) is 2.66. The van der Waals surface area contributed by atoms with E-state index in [0.29, 0.717) is 18.2 Å². The lowest BCUT2D eigenvalue weighted by molar-refractivity contribution is 0.115. The van der Waals surface area contributed by atoms with Crippen LogP contribution >= 0.6 is 0 Å². The monoisotopic (exact) mass is 194 g/mol. The summed E-state index contributed by atoms with van der Waals surface area (Å²) in [6.07, 6.45) is 2.90. The summed E-state index contributed by atoms with van der Waals surface area (Å²) >= 11 is 0. The molecule has 2 unspecified atom stereocenters. The van der Waals surface area contributed by atoms with Crippen molar-refractivity contribution in [3.63, 3.8) is 0 Å². The summed E-state index contributed by atoms with van der Waals surface area (Å²) in [5, 5.41) is 9.81. The van der Waals surface area contributed by atoms with Gasteiger partial charge in [-0.25, -0.2) is 4.98 Å². The minimum Gasteiger partial charge on any atom is -0.393 e. The molecular formula is C11H18N2O. The quantitative estimate of drug-likeness (QED) is 0.765. The van der Waals surface area contributed by atoms with Crippen molar-refractivity contribution in [3.8, 4) is 0 Å². The van der Waals surface area contributed by atoms with Crippen LogP contribution in [0.25, 0.3) is 0 Å². The van der Waals surface area contributed by atoms with Crippen molar-refractivity contribution < 1.29 is 5.11 Å². The molecule has 0 saturated carbocycles. The molecule has 3 N–H and O–H groups in total. The lowest BCUT2D eigenvalue weighted by Crippen LogP contribution is -2.20. The van der Waals surface area contributed by atoms with Crippen LogP contribution < -0.4 is 5.73 Å². The fraction of sp³-hybridized carbons (Fsp3) is 0.545. The van der Waals surface area contributed by atoms with Crippen LogP contribution in [0.1, 0.15) is 25.8 Å². The topological polar surface area (TPSA) is 59.1 Å². The van der Waals surface area contributed by atoms with Crippen molar-refractivity contribution in [1.29, 1.82) is 0 Å². The minimum absolute atomic E-state index is 0.301. The zero-order valence-corrected chi connectivity index (χ0v) is 8.77. The molecule has 1 rings (SSSR count). The van der Waals surface area contributed by atoms with Gasteiger partial charge in [-0.15, -0.1) is 0 Å². The molecule has 0 aromatic carbocycles. The van der Waals surface area contributed by atoms with Gasteiger partial charge in [0.25, 0.3) is 0 Å². The van der Waals surface area contributed by atoms with Crippen LogP contribution in [0.2, 0.25) is 0 Å². The third-order valence-corrected chi connectivity index (χ3v) is 2.66. The van der Waals surface area contributed by atoms with Gasteiger partial charge >= 0.3 is 0 Å². The van der Waals surface area contributed by atoms with Gasteiger partial charge in [-0.1, -0.05) is 26.3 Å². The van der Waals surface area contributed by atoms with Crippen LogP contribution in [0.3, 0.4) is 0 Å². The van der Waals surface area contributed by atoms with E-state index >= 15 is 0 Å². The average molecular weight is 194 g/mol. The summed E-state index contributed by atoms with van der Waals surface area (Å²) in [5.74, 6) is 0.824. The predicted octanol–water partition coefficient (Wildman–Crippen LogP) is 1.61. The summed E-state index contributed by atoms with van der Waals surface area (Å²) < 4.78 is 0. The molecule has 0 amide bonds. The Morgan fingerprint density at radius 3 is 2.86 bits per heavy atom. The molecule has 2 atom stereocenters. The van der Waals surface area contributed by atoms with E-state index in [1.807, 2.05) is 19.1 Å². The van der Waals surface area contributed by atoms with E-state index in [0.717, 1.165) is 12.0 Å². The Morgan fingerprint density at radius 1 is 1.57 bits per heavy atom. The number of aliphatic hydroxyl groups excluding tert-OH is 1. The summed E-state index contributed by atoms with van der Waals surface area (Å²) in [7, 11) is 0. The van der Waals surface area contributed by atoms with E-state index in [1.54, 1.807) is 6.20 Å². The molecule has 0 aliphatic rings. The summed E-state index contributed by atoms with van der Waals surface area (Å²) in [6, 6.07) is 3.75. The van der Waals surface area contributed by atoms with E-state index in [-0.39, 0.29) is 6.10 Å². The molecule has 14 heavy (non-hydrogen) atoms. The zero-order chi connectivity index (χ0) is 10.6. The molecule has 1 heterocycles. The normalized spacial score (nSPS) is 15.1. The molecule has 0 aliphatic heterocycles. The molecular weight excluding hydrogens is 176 g/mol. The van der Waals surface area contributed by atoms with Gasteiger partial charge in [-0.2, -0.15) is 0 Å². The lowest BCUT2D eigenvalue weighted by atomic mass is 9.96. The molecule has 1 aromatic heterocycles. The largest absolute Gasteiger partial charge is 0.393 e. The van der Waals surface area contributed by atoms with Crippen LogP contribution in [0.4, 0.5) is 5.82 Å².